The highest BCUT2D eigenvalue weighted by Crippen LogP contribution is 2.20. The minimum Gasteiger partial charge on any atom is -0.274 e. The number of carbonyl (C=O) groups excluding carboxylic acids is 1. The molecule has 0 bridgehead atoms. The van der Waals surface area contributed by atoms with Gasteiger partial charge < -0.3 is 0 Å². The molecule has 1 N–H and O–H groups in total. The summed E-state index contributed by atoms with van der Waals surface area (Å²) in [5, 5.41) is 11.2. The Kier molecular flexibility index (Phi) is 5.70. The summed E-state index contributed by atoms with van der Waals surface area (Å²) in [6.07, 6.45) is 0.0855. The van der Waals surface area contributed by atoms with Crippen LogP contribution in [0.25, 0.3) is 0 Å². The molecule has 0 saturated carbocycles. The molecule has 132 valence electrons. The number of halogens is 2. The van der Waals surface area contributed by atoms with E-state index >= 15 is 0 Å². The van der Waals surface area contributed by atoms with Crippen molar-refractivity contribution in [2.24, 2.45) is 0 Å². The molecule has 0 saturated heterocycles. The Morgan fingerprint density at radius 2 is 1.96 bits per heavy atom. The standard InChI is InChI=1S/C15H12ClFN2O5S/c16-11-3-1-2-10(6-11)4-5-15(20)18-25(23,24)14-8-12(17)7-13(9-14)19(21)22/h1-3,6-9H,4-5H2,(H,18,20). The predicted octanol–water partition coefficient (Wildman–Crippen LogP) is 2.83. The lowest BCUT2D eigenvalue weighted by Gasteiger charge is -2.07. The summed E-state index contributed by atoms with van der Waals surface area (Å²) in [6, 6.07) is 8.57. The van der Waals surface area contributed by atoms with Crippen LogP contribution >= 0.6 is 11.6 Å². The number of aryl methyl sites for hydroxylation is 1. The highest BCUT2D eigenvalue weighted by molar-refractivity contribution is 7.90. The molecular weight excluding hydrogens is 375 g/mol. The number of rotatable bonds is 6. The van der Waals surface area contributed by atoms with Gasteiger partial charge in [0.05, 0.1) is 15.9 Å². The Morgan fingerprint density at radius 1 is 1.24 bits per heavy atom. The molecule has 0 unspecified atom stereocenters. The van der Waals surface area contributed by atoms with Crippen LogP contribution in [0.15, 0.2) is 47.4 Å². The van der Waals surface area contributed by atoms with E-state index in [0.29, 0.717) is 23.2 Å². The van der Waals surface area contributed by atoms with Gasteiger partial charge in [0.1, 0.15) is 5.82 Å². The van der Waals surface area contributed by atoms with Crippen molar-refractivity contribution < 1.29 is 22.5 Å². The molecule has 2 aromatic rings. The van der Waals surface area contributed by atoms with E-state index in [1.807, 2.05) is 0 Å². The van der Waals surface area contributed by atoms with Gasteiger partial charge in [-0.25, -0.2) is 17.5 Å². The number of amides is 1. The average molecular weight is 387 g/mol. The minimum absolute atomic E-state index is 0.156. The van der Waals surface area contributed by atoms with Gasteiger partial charge in [0, 0.05) is 17.5 Å². The second-order valence-electron chi connectivity index (χ2n) is 5.06. The number of sulfonamides is 1. The van der Waals surface area contributed by atoms with E-state index < -0.39 is 37.3 Å². The minimum atomic E-state index is -4.42. The van der Waals surface area contributed by atoms with Gasteiger partial charge in [0.25, 0.3) is 15.7 Å². The smallest absolute Gasteiger partial charge is 0.273 e. The zero-order valence-electron chi connectivity index (χ0n) is 12.6. The van der Waals surface area contributed by atoms with Crippen LogP contribution in [0.3, 0.4) is 0 Å². The van der Waals surface area contributed by atoms with Crippen molar-refractivity contribution >= 4 is 33.2 Å². The van der Waals surface area contributed by atoms with Crippen molar-refractivity contribution in [3.63, 3.8) is 0 Å². The van der Waals surface area contributed by atoms with Gasteiger partial charge in [0.15, 0.2) is 0 Å². The van der Waals surface area contributed by atoms with Crippen LogP contribution in [0.1, 0.15) is 12.0 Å². The van der Waals surface area contributed by atoms with Gasteiger partial charge in [0.2, 0.25) is 5.91 Å². The Bertz CT molecular complexity index is 933. The highest BCUT2D eigenvalue weighted by atomic mass is 35.5. The molecule has 10 heteroatoms. The third-order valence-electron chi connectivity index (χ3n) is 3.16. The summed E-state index contributed by atoms with van der Waals surface area (Å²) in [4.78, 5) is 20.9. The highest BCUT2D eigenvalue weighted by Gasteiger charge is 2.22. The normalized spacial score (nSPS) is 11.1. The van der Waals surface area contributed by atoms with E-state index in [1.54, 1.807) is 29.0 Å². The molecule has 0 radical (unpaired) electrons. The first-order valence-electron chi connectivity index (χ1n) is 6.92. The largest absolute Gasteiger partial charge is 0.274 e. The van der Waals surface area contributed by atoms with Crippen molar-refractivity contribution in [1.82, 2.24) is 4.72 Å². The van der Waals surface area contributed by atoms with Gasteiger partial charge in [-0.15, -0.1) is 0 Å². The SMILES string of the molecule is O=C(CCc1cccc(Cl)c1)NS(=O)(=O)c1cc(F)cc([N+](=O)[O-])c1. The van der Waals surface area contributed by atoms with Crippen LogP contribution in [0, 0.1) is 15.9 Å². The molecule has 2 rings (SSSR count). The molecule has 2 aromatic carbocycles. The van der Waals surface area contributed by atoms with Crippen molar-refractivity contribution in [3.8, 4) is 0 Å². The van der Waals surface area contributed by atoms with E-state index in [9.17, 15) is 27.7 Å². The number of nitro groups is 1. The summed E-state index contributed by atoms with van der Waals surface area (Å²) in [5.74, 6) is -1.92. The average Bonchev–Trinajstić information content (AvgIpc) is 2.52. The van der Waals surface area contributed by atoms with Gasteiger partial charge in [-0.05, 0) is 30.2 Å². The zero-order chi connectivity index (χ0) is 18.6. The van der Waals surface area contributed by atoms with Crippen LogP contribution < -0.4 is 4.72 Å². The quantitative estimate of drug-likeness (QED) is 0.606. The molecule has 0 aliphatic rings. The zero-order valence-corrected chi connectivity index (χ0v) is 14.2. The molecule has 0 aromatic heterocycles. The Morgan fingerprint density at radius 3 is 2.60 bits per heavy atom. The first-order chi connectivity index (χ1) is 11.7. The van der Waals surface area contributed by atoms with Crippen molar-refractivity contribution in [2.75, 3.05) is 0 Å². The molecule has 0 fully saturated rings. The number of benzene rings is 2. The Hall–Kier alpha value is -2.52. The monoisotopic (exact) mass is 386 g/mol. The molecular formula is C15H12ClFN2O5S. The molecule has 0 aliphatic heterocycles. The maximum atomic E-state index is 13.4. The maximum absolute atomic E-state index is 13.4. The second-order valence-corrected chi connectivity index (χ2v) is 7.18. The van der Waals surface area contributed by atoms with Crippen molar-refractivity contribution in [2.45, 2.75) is 17.7 Å². The lowest BCUT2D eigenvalue weighted by atomic mass is 10.1. The van der Waals surface area contributed by atoms with Gasteiger partial charge >= 0.3 is 0 Å². The molecule has 1 amide bonds. The lowest BCUT2D eigenvalue weighted by molar-refractivity contribution is -0.385. The summed E-state index contributed by atoms with van der Waals surface area (Å²) in [7, 11) is -4.42. The van der Waals surface area contributed by atoms with E-state index in [-0.39, 0.29) is 12.8 Å². The van der Waals surface area contributed by atoms with Crippen LogP contribution in [-0.4, -0.2) is 19.2 Å². The topological polar surface area (TPSA) is 106 Å². The van der Waals surface area contributed by atoms with Gasteiger partial charge in [-0.1, -0.05) is 23.7 Å². The van der Waals surface area contributed by atoms with Crippen LogP contribution in [0.5, 0.6) is 0 Å². The second kappa shape index (κ2) is 7.58. The first-order valence-corrected chi connectivity index (χ1v) is 8.78. The molecule has 0 atom stereocenters. The number of nitro benzene ring substituents is 1. The van der Waals surface area contributed by atoms with E-state index in [4.69, 9.17) is 11.6 Å². The third kappa shape index (κ3) is 5.23. The van der Waals surface area contributed by atoms with E-state index in [1.165, 1.54) is 0 Å². The molecule has 0 aliphatic carbocycles. The predicted molar refractivity (Wildman–Crippen MR) is 88.2 cm³/mol. The fraction of sp³-hybridized carbons (Fsp3) is 0.133. The summed E-state index contributed by atoms with van der Waals surface area (Å²) >= 11 is 5.81. The fourth-order valence-corrected chi connectivity index (χ4v) is 3.29. The number of hydrogen-bond donors (Lipinski definition) is 1. The first kappa shape index (κ1) is 18.8. The summed E-state index contributed by atoms with van der Waals surface area (Å²) in [5.41, 5.74) is 0.00759. The lowest BCUT2D eigenvalue weighted by Crippen LogP contribution is -2.30. The maximum Gasteiger partial charge on any atom is 0.273 e. The molecule has 7 nitrogen and oxygen atoms in total. The molecule has 0 spiro atoms. The number of carbonyl (C=O) groups is 1. The number of nitrogens with one attached hydrogen (secondary N) is 1. The Balaban J connectivity index is 2.10. The van der Waals surface area contributed by atoms with Gasteiger partial charge in [-0.2, -0.15) is 0 Å². The van der Waals surface area contributed by atoms with Crippen LogP contribution in [-0.2, 0) is 21.2 Å². The van der Waals surface area contributed by atoms with Crippen LogP contribution in [0.2, 0.25) is 5.02 Å². The van der Waals surface area contributed by atoms with Crippen LogP contribution in [0.4, 0.5) is 10.1 Å². The van der Waals surface area contributed by atoms with Gasteiger partial charge in [-0.3, -0.25) is 14.9 Å². The summed E-state index contributed by atoms with van der Waals surface area (Å²) in [6.45, 7) is 0. The molecule has 25 heavy (non-hydrogen) atoms. The molecule has 0 heterocycles. The van der Waals surface area contributed by atoms with Crippen molar-refractivity contribution in [1.29, 1.82) is 0 Å². The third-order valence-corrected chi connectivity index (χ3v) is 4.74. The number of hydrogen-bond acceptors (Lipinski definition) is 5. The van der Waals surface area contributed by atoms with E-state index in [2.05, 4.69) is 0 Å². The van der Waals surface area contributed by atoms with E-state index in [0.717, 1.165) is 5.56 Å². The summed E-state index contributed by atoms with van der Waals surface area (Å²) < 4.78 is 39.3. The van der Waals surface area contributed by atoms with Crippen molar-refractivity contribution in [3.05, 3.63) is 69.0 Å². The fourth-order valence-electron chi connectivity index (χ4n) is 2.02. The number of non-ortho nitro benzene ring substituents is 1. The Labute approximate surface area is 147 Å². The number of nitrogens with zero attached hydrogens (tertiary/aromatic N) is 1.